The van der Waals surface area contributed by atoms with Gasteiger partial charge >= 0.3 is 0 Å². The monoisotopic (exact) mass is 301 g/mol. The molecule has 3 heterocycles. The zero-order valence-electron chi connectivity index (χ0n) is 10.9. The van der Waals surface area contributed by atoms with Crippen LogP contribution in [0.4, 0.5) is 5.69 Å². The van der Waals surface area contributed by atoms with E-state index in [1.165, 1.54) is 18.1 Å². The Morgan fingerprint density at radius 2 is 1.90 bits per heavy atom. The summed E-state index contributed by atoms with van der Waals surface area (Å²) in [6.07, 6.45) is 3.08. The van der Waals surface area contributed by atoms with E-state index in [0.29, 0.717) is 36.0 Å². The van der Waals surface area contributed by atoms with E-state index in [0.717, 1.165) is 15.4 Å². The van der Waals surface area contributed by atoms with Crippen molar-refractivity contribution < 1.29 is 9.47 Å². The molecule has 0 saturated carbocycles. The second kappa shape index (κ2) is 4.81. The predicted octanol–water partition coefficient (Wildman–Crippen LogP) is 1.86. The molecule has 0 spiro atoms. The molecule has 0 unspecified atom stereocenters. The third-order valence-corrected chi connectivity index (χ3v) is 4.15. The molecular weight excluding hydrogens is 290 g/mol. The van der Waals surface area contributed by atoms with Gasteiger partial charge in [0.1, 0.15) is 30.1 Å². The number of benzene rings is 1. The summed E-state index contributed by atoms with van der Waals surface area (Å²) in [7, 11) is 0. The summed E-state index contributed by atoms with van der Waals surface area (Å²) >= 11 is 1.44. The highest BCUT2D eigenvalue weighted by Crippen LogP contribution is 2.41. The van der Waals surface area contributed by atoms with Crippen LogP contribution in [0.3, 0.4) is 0 Å². The molecule has 0 amide bonds. The van der Waals surface area contributed by atoms with E-state index in [-0.39, 0.29) is 0 Å². The van der Waals surface area contributed by atoms with Crippen molar-refractivity contribution in [2.24, 2.45) is 0 Å². The van der Waals surface area contributed by atoms with Crippen LogP contribution in [-0.2, 0) is 0 Å². The number of H-pyrrole nitrogens is 1. The van der Waals surface area contributed by atoms with Crippen molar-refractivity contribution in [1.82, 2.24) is 19.9 Å². The number of aromatic nitrogens is 4. The number of nitrogens with zero attached hydrogens (tertiary/aromatic N) is 3. The Bertz CT molecular complexity index is 819. The molecule has 0 bridgehead atoms. The molecule has 0 saturated heterocycles. The number of aromatic amines is 1. The fraction of sp³-hybridized carbons (Fsp3) is 0.154. The number of rotatable bonds is 2. The average Bonchev–Trinajstić information content (AvgIpc) is 2.97. The van der Waals surface area contributed by atoms with Crippen LogP contribution in [0.25, 0.3) is 11.2 Å². The predicted molar refractivity (Wildman–Crippen MR) is 77.7 cm³/mol. The van der Waals surface area contributed by atoms with Crippen molar-refractivity contribution in [1.29, 1.82) is 0 Å². The summed E-state index contributed by atoms with van der Waals surface area (Å²) in [5, 5.41) is 0.765. The van der Waals surface area contributed by atoms with Gasteiger partial charge in [0, 0.05) is 22.7 Å². The third-order valence-electron chi connectivity index (χ3n) is 3.07. The lowest BCUT2D eigenvalue weighted by atomic mass is 10.2. The Hall–Kier alpha value is -2.48. The van der Waals surface area contributed by atoms with Gasteiger partial charge in [0.2, 0.25) is 0 Å². The zero-order valence-corrected chi connectivity index (χ0v) is 11.7. The maximum Gasteiger partial charge on any atom is 0.181 e. The number of nitrogens with two attached hydrogens (primary N) is 1. The first-order chi connectivity index (χ1) is 10.3. The minimum absolute atomic E-state index is 0.541. The van der Waals surface area contributed by atoms with E-state index in [1.54, 1.807) is 12.4 Å². The van der Waals surface area contributed by atoms with Crippen LogP contribution in [0.2, 0.25) is 0 Å². The Morgan fingerprint density at radius 1 is 1.10 bits per heavy atom. The maximum absolute atomic E-state index is 6.09. The van der Waals surface area contributed by atoms with Gasteiger partial charge in [-0.1, -0.05) is 11.8 Å². The molecule has 0 fully saturated rings. The molecule has 2 aromatic heterocycles. The van der Waals surface area contributed by atoms with Gasteiger partial charge in [-0.05, 0) is 0 Å². The van der Waals surface area contributed by atoms with Crippen LogP contribution in [0.5, 0.6) is 11.5 Å². The SMILES string of the molecule is Nc1cc2c(cc1Sc1ncnc3nc[nH]c13)OCCO2. The van der Waals surface area contributed by atoms with Crippen LogP contribution in [0.15, 0.2) is 34.7 Å². The van der Waals surface area contributed by atoms with Gasteiger partial charge in [-0.15, -0.1) is 0 Å². The molecule has 0 radical (unpaired) electrons. The number of fused-ring (bicyclic) bond motifs is 2. The summed E-state index contributed by atoms with van der Waals surface area (Å²) in [5.41, 5.74) is 8.12. The largest absolute Gasteiger partial charge is 0.486 e. The smallest absolute Gasteiger partial charge is 0.181 e. The van der Waals surface area contributed by atoms with Crippen LogP contribution in [-0.4, -0.2) is 33.1 Å². The fourth-order valence-electron chi connectivity index (χ4n) is 2.10. The van der Waals surface area contributed by atoms with E-state index < -0.39 is 0 Å². The molecule has 21 heavy (non-hydrogen) atoms. The van der Waals surface area contributed by atoms with Crippen LogP contribution in [0, 0.1) is 0 Å². The molecule has 3 N–H and O–H groups in total. The number of nitrogens with one attached hydrogen (secondary N) is 1. The summed E-state index contributed by atoms with van der Waals surface area (Å²) < 4.78 is 11.1. The summed E-state index contributed by atoms with van der Waals surface area (Å²) in [5.74, 6) is 1.38. The molecule has 4 rings (SSSR count). The van der Waals surface area contributed by atoms with E-state index in [1.807, 2.05) is 6.07 Å². The molecule has 106 valence electrons. The number of nitrogen functional groups attached to an aromatic ring is 1. The third kappa shape index (κ3) is 2.13. The number of imidazole rings is 1. The Balaban J connectivity index is 1.75. The van der Waals surface area contributed by atoms with E-state index in [4.69, 9.17) is 15.2 Å². The highest BCUT2D eigenvalue weighted by atomic mass is 32.2. The number of ether oxygens (including phenoxy) is 2. The zero-order chi connectivity index (χ0) is 14.2. The second-order valence-electron chi connectivity index (χ2n) is 4.42. The summed E-state index contributed by atoms with van der Waals surface area (Å²) in [6.45, 7) is 1.08. The van der Waals surface area contributed by atoms with Crippen molar-refractivity contribution in [3.05, 3.63) is 24.8 Å². The first-order valence-corrected chi connectivity index (χ1v) is 7.14. The highest BCUT2D eigenvalue weighted by molar-refractivity contribution is 7.99. The fourth-order valence-corrected chi connectivity index (χ4v) is 3.00. The van der Waals surface area contributed by atoms with Gasteiger partial charge in [0.15, 0.2) is 17.1 Å². The maximum atomic E-state index is 6.09. The van der Waals surface area contributed by atoms with E-state index in [2.05, 4.69) is 19.9 Å². The summed E-state index contributed by atoms with van der Waals surface area (Å²) in [4.78, 5) is 16.4. The molecule has 1 aliphatic rings. The second-order valence-corrected chi connectivity index (χ2v) is 5.45. The molecule has 0 atom stereocenters. The lowest BCUT2D eigenvalue weighted by Gasteiger charge is -2.19. The molecular formula is C13H11N5O2S. The van der Waals surface area contributed by atoms with Gasteiger partial charge in [-0.25, -0.2) is 15.0 Å². The Morgan fingerprint density at radius 3 is 2.76 bits per heavy atom. The Kier molecular flexibility index (Phi) is 2.81. The van der Waals surface area contributed by atoms with E-state index >= 15 is 0 Å². The first-order valence-electron chi connectivity index (χ1n) is 6.32. The van der Waals surface area contributed by atoms with Gasteiger partial charge in [-0.3, -0.25) is 0 Å². The van der Waals surface area contributed by atoms with Crippen molar-refractivity contribution >= 4 is 28.6 Å². The molecule has 8 heteroatoms. The van der Waals surface area contributed by atoms with Crippen molar-refractivity contribution in [2.75, 3.05) is 18.9 Å². The van der Waals surface area contributed by atoms with Crippen LogP contribution >= 0.6 is 11.8 Å². The average molecular weight is 301 g/mol. The molecule has 1 aromatic carbocycles. The minimum atomic E-state index is 0.541. The highest BCUT2D eigenvalue weighted by Gasteiger charge is 2.17. The van der Waals surface area contributed by atoms with Gasteiger partial charge in [0.05, 0.1) is 6.33 Å². The van der Waals surface area contributed by atoms with Crippen molar-refractivity contribution in [2.45, 2.75) is 9.92 Å². The van der Waals surface area contributed by atoms with Crippen LogP contribution < -0.4 is 15.2 Å². The quantitative estimate of drug-likeness (QED) is 0.550. The molecule has 7 nitrogen and oxygen atoms in total. The van der Waals surface area contributed by atoms with Gasteiger partial charge in [0.25, 0.3) is 0 Å². The molecule has 0 aliphatic carbocycles. The van der Waals surface area contributed by atoms with Crippen LogP contribution in [0.1, 0.15) is 0 Å². The van der Waals surface area contributed by atoms with Crippen molar-refractivity contribution in [3.8, 4) is 11.5 Å². The lowest BCUT2D eigenvalue weighted by Crippen LogP contribution is -2.15. The lowest BCUT2D eigenvalue weighted by molar-refractivity contribution is 0.171. The number of anilines is 1. The molecule has 3 aromatic rings. The normalized spacial score (nSPS) is 13.5. The summed E-state index contributed by atoms with van der Waals surface area (Å²) in [6, 6.07) is 3.65. The van der Waals surface area contributed by atoms with E-state index in [9.17, 15) is 0 Å². The topological polar surface area (TPSA) is 98.9 Å². The van der Waals surface area contributed by atoms with Gasteiger partial charge < -0.3 is 20.2 Å². The Labute approximate surface area is 123 Å². The number of hydrogen-bond donors (Lipinski definition) is 2. The van der Waals surface area contributed by atoms with Gasteiger partial charge in [-0.2, -0.15) is 0 Å². The minimum Gasteiger partial charge on any atom is -0.486 e. The van der Waals surface area contributed by atoms with Crippen molar-refractivity contribution in [3.63, 3.8) is 0 Å². The number of hydrogen-bond acceptors (Lipinski definition) is 7. The first kappa shape index (κ1) is 12.3. The molecule has 1 aliphatic heterocycles. The standard InChI is InChI=1S/C13H11N5O2S/c14-7-3-8-9(20-2-1-19-8)4-10(7)21-13-11-12(16-5-15-11)17-6-18-13/h3-6H,1-2,14H2,(H,15,16,17,18).